The van der Waals surface area contributed by atoms with E-state index in [0.29, 0.717) is 5.69 Å². The van der Waals surface area contributed by atoms with Crippen LogP contribution in [0.15, 0.2) is 18.2 Å². The highest BCUT2D eigenvalue weighted by Crippen LogP contribution is 2.31. The lowest BCUT2D eigenvalue weighted by Crippen LogP contribution is -2.27. The van der Waals surface area contributed by atoms with Crippen LogP contribution in [0.5, 0.6) is 5.75 Å². The van der Waals surface area contributed by atoms with Gasteiger partial charge in [0.15, 0.2) is 0 Å². The van der Waals surface area contributed by atoms with Crippen molar-refractivity contribution in [1.82, 2.24) is 0 Å². The largest absolute Gasteiger partial charge is 0.496 e. The first kappa shape index (κ1) is 17.2. The van der Waals surface area contributed by atoms with Crippen molar-refractivity contribution in [3.8, 4) is 5.75 Å². The normalized spacial score (nSPS) is 13.0. The predicted octanol–water partition coefficient (Wildman–Crippen LogP) is 3.34. The molecule has 0 bridgehead atoms. The number of ether oxygens (including phenoxy) is 2. The third kappa shape index (κ3) is 5.18. The third-order valence-electron chi connectivity index (χ3n) is 2.44. The molecule has 1 amide bonds. The summed E-state index contributed by atoms with van der Waals surface area (Å²) in [4.78, 5) is 11.6. The molecule has 0 aliphatic carbocycles. The van der Waals surface area contributed by atoms with Gasteiger partial charge in [-0.1, -0.05) is 6.07 Å². The summed E-state index contributed by atoms with van der Waals surface area (Å²) in [5.41, 5.74) is -0.395. The van der Waals surface area contributed by atoms with Crippen LogP contribution in [0.25, 0.3) is 0 Å². The van der Waals surface area contributed by atoms with Crippen LogP contribution in [0, 0.1) is 0 Å². The lowest BCUT2D eigenvalue weighted by Gasteiger charge is -2.20. The number of halogens is 2. The van der Waals surface area contributed by atoms with E-state index in [4.69, 9.17) is 9.47 Å². The maximum Gasteiger partial charge on any atom is 0.412 e. The summed E-state index contributed by atoms with van der Waals surface area (Å²) in [5, 5.41) is 11.9. The SMILES string of the molecule is COc1cc(NC(=O)OC(C)(C)C)ccc1C(O)C(F)F. The molecule has 0 heterocycles. The monoisotopic (exact) mass is 303 g/mol. The van der Waals surface area contributed by atoms with E-state index < -0.39 is 24.2 Å². The Labute approximate surface area is 121 Å². The topological polar surface area (TPSA) is 67.8 Å². The van der Waals surface area contributed by atoms with Crippen LogP contribution in [-0.4, -0.2) is 30.3 Å². The molecule has 0 saturated carbocycles. The van der Waals surface area contributed by atoms with Gasteiger partial charge >= 0.3 is 6.09 Å². The minimum absolute atomic E-state index is 0.0522. The molecule has 118 valence electrons. The van der Waals surface area contributed by atoms with Gasteiger partial charge in [0.05, 0.1) is 7.11 Å². The van der Waals surface area contributed by atoms with Crippen molar-refractivity contribution in [3.63, 3.8) is 0 Å². The molecule has 1 rings (SSSR count). The number of aliphatic hydroxyl groups is 1. The Morgan fingerprint density at radius 1 is 1.33 bits per heavy atom. The van der Waals surface area contributed by atoms with Gasteiger partial charge in [0.1, 0.15) is 17.5 Å². The van der Waals surface area contributed by atoms with E-state index in [0.717, 1.165) is 0 Å². The summed E-state index contributed by atoms with van der Waals surface area (Å²) < 4.78 is 35.1. The molecular formula is C14H19F2NO4. The second-order valence-electron chi connectivity index (χ2n) is 5.36. The number of aliphatic hydroxyl groups excluding tert-OH is 1. The van der Waals surface area contributed by atoms with Crippen molar-refractivity contribution in [2.45, 2.75) is 38.9 Å². The van der Waals surface area contributed by atoms with E-state index in [1.807, 2.05) is 0 Å². The minimum Gasteiger partial charge on any atom is -0.496 e. The molecular weight excluding hydrogens is 284 g/mol. The first-order valence-electron chi connectivity index (χ1n) is 6.28. The molecule has 0 saturated heterocycles. The van der Waals surface area contributed by atoms with Crippen molar-refractivity contribution in [2.75, 3.05) is 12.4 Å². The van der Waals surface area contributed by atoms with Crippen molar-refractivity contribution < 1.29 is 28.2 Å². The van der Waals surface area contributed by atoms with Gasteiger partial charge in [-0.3, -0.25) is 5.32 Å². The Morgan fingerprint density at radius 2 is 1.95 bits per heavy atom. The Bertz CT molecular complexity index is 500. The van der Waals surface area contributed by atoms with E-state index in [1.54, 1.807) is 20.8 Å². The van der Waals surface area contributed by atoms with Crippen LogP contribution in [0.1, 0.15) is 32.4 Å². The predicted molar refractivity (Wildman–Crippen MR) is 73.8 cm³/mol. The van der Waals surface area contributed by atoms with Crippen LogP contribution >= 0.6 is 0 Å². The van der Waals surface area contributed by atoms with Gasteiger partial charge in [0, 0.05) is 17.3 Å². The molecule has 0 aliphatic rings. The summed E-state index contributed by atoms with van der Waals surface area (Å²) in [5.74, 6) is 0.0522. The van der Waals surface area contributed by atoms with Gasteiger partial charge in [-0.05, 0) is 26.8 Å². The van der Waals surface area contributed by atoms with Crippen LogP contribution in [0.2, 0.25) is 0 Å². The van der Waals surface area contributed by atoms with Gasteiger partial charge in [0.2, 0.25) is 0 Å². The second kappa shape index (κ2) is 6.71. The lowest BCUT2D eigenvalue weighted by molar-refractivity contribution is -0.00697. The number of hydrogen-bond donors (Lipinski definition) is 2. The van der Waals surface area contributed by atoms with Crippen LogP contribution in [0.4, 0.5) is 19.3 Å². The minimum atomic E-state index is -2.93. The number of rotatable bonds is 4. The number of methoxy groups -OCH3 is 1. The number of hydrogen-bond acceptors (Lipinski definition) is 4. The lowest BCUT2D eigenvalue weighted by atomic mass is 10.1. The van der Waals surface area contributed by atoms with E-state index in [-0.39, 0.29) is 11.3 Å². The Balaban J connectivity index is 2.90. The van der Waals surface area contributed by atoms with Crippen LogP contribution in [0.3, 0.4) is 0 Å². The third-order valence-corrected chi connectivity index (χ3v) is 2.44. The van der Waals surface area contributed by atoms with Crippen molar-refractivity contribution in [3.05, 3.63) is 23.8 Å². The zero-order chi connectivity index (χ0) is 16.2. The number of benzene rings is 1. The van der Waals surface area contributed by atoms with Crippen molar-refractivity contribution >= 4 is 11.8 Å². The van der Waals surface area contributed by atoms with Gasteiger partial charge in [0.25, 0.3) is 6.43 Å². The van der Waals surface area contributed by atoms with Gasteiger partial charge in [-0.15, -0.1) is 0 Å². The standard InChI is InChI=1S/C14H19F2NO4/c1-14(2,3)21-13(19)17-8-5-6-9(10(7-8)20-4)11(18)12(15)16/h5-7,11-12,18H,1-4H3,(H,17,19). The molecule has 21 heavy (non-hydrogen) atoms. The fourth-order valence-electron chi connectivity index (χ4n) is 1.59. The molecule has 5 nitrogen and oxygen atoms in total. The highest BCUT2D eigenvalue weighted by atomic mass is 19.3. The number of nitrogens with one attached hydrogen (secondary N) is 1. The number of carbonyl (C=O) groups is 1. The number of alkyl halides is 2. The summed E-state index contributed by atoms with van der Waals surface area (Å²) in [6, 6.07) is 3.99. The molecule has 0 aromatic heterocycles. The molecule has 1 aromatic carbocycles. The Morgan fingerprint density at radius 3 is 2.43 bits per heavy atom. The number of anilines is 1. The van der Waals surface area contributed by atoms with Crippen molar-refractivity contribution in [2.24, 2.45) is 0 Å². The maximum atomic E-state index is 12.5. The van der Waals surface area contributed by atoms with Gasteiger partial charge in [-0.2, -0.15) is 0 Å². The molecule has 0 radical (unpaired) electrons. The highest BCUT2D eigenvalue weighted by Gasteiger charge is 2.23. The Kier molecular flexibility index (Phi) is 5.48. The zero-order valence-corrected chi connectivity index (χ0v) is 12.3. The first-order valence-corrected chi connectivity index (χ1v) is 6.28. The van der Waals surface area contributed by atoms with E-state index in [2.05, 4.69) is 5.32 Å². The molecule has 0 aliphatic heterocycles. The van der Waals surface area contributed by atoms with E-state index in [9.17, 15) is 18.7 Å². The van der Waals surface area contributed by atoms with E-state index >= 15 is 0 Å². The number of carbonyl (C=O) groups excluding carboxylic acids is 1. The summed E-state index contributed by atoms with van der Waals surface area (Å²) >= 11 is 0. The average Bonchev–Trinajstić information content (AvgIpc) is 2.35. The van der Waals surface area contributed by atoms with Crippen molar-refractivity contribution in [1.29, 1.82) is 0 Å². The molecule has 2 N–H and O–H groups in total. The molecule has 0 fully saturated rings. The smallest absolute Gasteiger partial charge is 0.412 e. The Hall–Kier alpha value is -1.89. The average molecular weight is 303 g/mol. The summed E-state index contributed by atoms with van der Waals surface area (Å²) in [6.07, 6.45) is -5.55. The molecule has 1 atom stereocenters. The molecule has 1 unspecified atom stereocenters. The second-order valence-corrected chi connectivity index (χ2v) is 5.36. The highest BCUT2D eigenvalue weighted by molar-refractivity contribution is 5.85. The quantitative estimate of drug-likeness (QED) is 0.895. The summed E-state index contributed by atoms with van der Waals surface area (Å²) in [7, 11) is 1.29. The van der Waals surface area contributed by atoms with E-state index in [1.165, 1.54) is 25.3 Å². The summed E-state index contributed by atoms with van der Waals surface area (Å²) in [6.45, 7) is 5.15. The first-order chi connectivity index (χ1) is 9.64. The molecule has 0 spiro atoms. The van der Waals surface area contributed by atoms with Gasteiger partial charge in [-0.25, -0.2) is 13.6 Å². The maximum absolute atomic E-state index is 12.5. The van der Waals surface area contributed by atoms with Gasteiger partial charge < -0.3 is 14.6 Å². The fraction of sp³-hybridized carbons (Fsp3) is 0.500. The fourth-order valence-corrected chi connectivity index (χ4v) is 1.59. The zero-order valence-electron chi connectivity index (χ0n) is 12.3. The van der Waals surface area contributed by atoms with Crippen LogP contribution < -0.4 is 10.1 Å². The number of amides is 1. The molecule has 1 aromatic rings. The molecule has 7 heteroatoms. The van der Waals surface area contributed by atoms with Crippen LogP contribution in [-0.2, 0) is 4.74 Å².